The van der Waals surface area contributed by atoms with Crippen LogP contribution in [0.25, 0.3) is 0 Å². The summed E-state index contributed by atoms with van der Waals surface area (Å²) in [4.78, 5) is 2.69. The van der Waals surface area contributed by atoms with Crippen LogP contribution in [-0.2, 0) is 0 Å². The van der Waals surface area contributed by atoms with Crippen LogP contribution in [0.4, 0.5) is 0 Å². The van der Waals surface area contributed by atoms with Crippen molar-refractivity contribution in [3.05, 3.63) is 0 Å². The second-order valence-corrected chi connectivity index (χ2v) is 7.45. The molecule has 2 aliphatic heterocycles. The van der Waals surface area contributed by atoms with Gasteiger partial charge >= 0.3 is 0 Å². The average molecular weight is 246 g/mol. The van der Waals surface area contributed by atoms with Gasteiger partial charge in [0.1, 0.15) is 0 Å². The standard InChI is InChI=1S/C11H22N2S2/c1-9-6-14-4-3-13(9)11(7-12)5-10(2)15-8-11/h9-10H,3-8,12H2,1-2H3. The van der Waals surface area contributed by atoms with E-state index in [0.29, 0.717) is 11.6 Å². The fraction of sp³-hybridized carbons (Fsp3) is 1.00. The first-order chi connectivity index (χ1) is 7.18. The molecule has 2 heterocycles. The lowest BCUT2D eigenvalue weighted by Crippen LogP contribution is -2.60. The van der Waals surface area contributed by atoms with E-state index < -0.39 is 0 Å². The molecule has 0 aromatic carbocycles. The minimum Gasteiger partial charge on any atom is -0.329 e. The van der Waals surface area contributed by atoms with E-state index >= 15 is 0 Å². The third kappa shape index (κ3) is 2.33. The van der Waals surface area contributed by atoms with Crippen LogP contribution in [0.3, 0.4) is 0 Å². The van der Waals surface area contributed by atoms with E-state index in [-0.39, 0.29) is 0 Å². The highest BCUT2D eigenvalue weighted by molar-refractivity contribution is 8.00. The van der Waals surface area contributed by atoms with E-state index in [9.17, 15) is 0 Å². The molecule has 0 radical (unpaired) electrons. The monoisotopic (exact) mass is 246 g/mol. The number of nitrogens with two attached hydrogens (primary N) is 1. The number of hydrogen-bond donors (Lipinski definition) is 1. The van der Waals surface area contributed by atoms with E-state index in [1.807, 2.05) is 0 Å². The highest BCUT2D eigenvalue weighted by atomic mass is 32.2. The second-order valence-electron chi connectivity index (χ2n) is 4.87. The van der Waals surface area contributed by atoms with Gasteiger partial charge in [0, 0.05) is 47.2 Å². The summed E-state index contributed by atoms with van der Waals surface area (Å²) in [6, 6.07) is 0.707. The van der Waals surface area contributed by atoms with Crippen LogP contribution >= 0.6 is 23.5 Å². The van der Waals surface area contributed by atoms with Crippen molar-refractivity contribution in [2.45, 2.75) is 37.1 Å². The lowest BCUT2D eigenvalue weighted by atomic mass is 9.92. The largest absolute Gasteiger partial charge is 0.329 e. The average Bonchev–Trinajstić information content (AvgIpc) is 2.62. The van der Waals surface area contributed by atoms with E-state index in [2.05, 4.69) is 42.3 Å². The molecular formula is C11H22N2S2. The maximum absolute atomic E-state index is 6.06. The molecule has 3 unspecified atom stereocenters. The Balaban J connectivity index is 2.10. The molecule has 0 bridgehead atoms. The van der Waals surface area contributed by atoms with Crippen molar-refractivity contribution in [2.24, 2.45) is 5.73 Å². The fourth-order valence-corrected chi connectivity index (χ4v) is 5.28. The molecule has 0 aromatic heterocycles. The molecule has 88 valence electrons. The highest BCUT2D eigenvalue weighted by Crippen LogP contribution is 2.40. The highest BCUT2D eigenvalue weighted by Gasteiger charge is 2.44. The van der Waals surface area contributed by atoms with Gasteiger partial charge in [-0.3, -0.25) is 4.90 Å². The topological polar surface area (TPSA) is 29.3 Å². The van der Waals surface area contributed by atoms with Crippen molar-refractivity contribution in [1.29, 1.82) is 0 Å². The normalized spacial score (nSPS) is 43.4. The molecule has 2 nitrogen and oxygen atoms in total. The zero-order valence-electron chi connectivity index (χ0n) is 9.74. The summed E-state index contributed by atoms with van der Waals surface area (Å²) in [5, 5.41) is 0.787. The van der Waals surface area contributed by atoms with Crippen molar-refractivity contribution in [2.75, 3.05) is 30.3 Å². The minimum absolute atomic E-state index is 0.310. The Labute approximate surface area is 102 Å². The number of nitrogens with zero attached hydrogens (tertiary/aromatic N) is 1. The summed E-state index contributed by atoms with van der Waals surface area (Å²) in [5.41, 5.74) is 6.37. The van der Waals surface area contributed by atoms with Crippen molar-refractivity contribution in [3.63, 3.8) is 0 Å². The molecule has 4 heteroatoms. The zero-order valence-corrected chi connectivity index (χ0v) is 11.4. The first-order valence-corrected chi connectivity index (χ1v) is 8.04. The Kier molecular flexibility index (Phi) is 3.92. The summed E-state index contributed by atoms with van der Waals surface area (Å²) < 4.78 is 0. The van der Waals surface area contributed by atoms with Gasteiger partial charge in [-0.05, 0) is 13.3 Å². The first-order valence-electron chi connectivity index (χ1n) is 5.84. The molecule has 0 spiro atoms. The molecule has 0 saturated carbocycles. The van der Waals surface area contributed by atoms with Crippen LogP contribution in [0.15, 0.2) is 0 Å². The number of hydrogen-bond acceptors (Lipinski definition) is 4. The molecular weight excluding hydrogens is 224 g/mol. The van der Waals surface area contributed by atoms with Gasteiger partial charge in [-0.2, -0.15) is 23.5 Å². The minimum atomic E-state index is 0.310. The molecule has 0 aromatic rings. The van der Waals surface area contributed by atoms with Gasteiger partial charge in [0.15, 0.2) is 0 Å². The van der Waals surface area contributed by atoms with E-state index in [0.717, 1.165) is 11.8 Å². The quantitative estimate of drug-likeness (QED) is 0.802. The zero-order chi connectivity index (χ0) is 10.9. The Morgan fingerprint density at radius 2 is 2.27 bits per heavy atom. The molecule has 2 rings (SSSR count). The Bertz CT molecular complexity index is 225. The maximum Gasteiger partial charge on any atom is 0.0435 e. The van der Waals surface area contributed by atoms with E-state index in [1.54, 1.807) is 0 Å². The van der Waals surface area contributed by atoms with Crippen molar-refractivity contribution >= 4 is 23.5 Å². The van der Waals surface area contributed by atoms with Crippen LogP contribution in [0.2, 0.25) is 0 Å². The molecule has 2 N–H and O–H groups in total. The molecule has 0 amide bonds. The van der Waals surface area contributed by atoms with E-state index in [1.165, 1.54) is 30.2 Å². The van der Waals surface area contributed by atoms with Crippen LogP contribution < -0.4 is 5.73 Å². The van der Waals surface area contributed by atoms with Crippen molar-refractivity contribution in [3.8, 4) is 0 Å². The predicted octanol–water partition coefficient (Wildman–Crippen LogP) is 1.65. The number of thioether (sulfide) groups is 2. The third-order valence-corrected chi connectivity index (χ3v) is 6.29. The van der Waals surface area contributed by atoms with Crippen molar-refractivity contribution < 1.29 is 0 Å². The Morgan fingerprint density at radius 3 is 2.80 bits per heavy atom. The van der Waals surface area contributed by atoms with Gasteiger partial charge in [-0.15, -0.1) is 0 Å². The second kappa shape index (κ2) is 4.86. The van der Waals surface area contributed by atoms with Crippen LogP contribution in [0.1, 0.15) is 20.3 Å². The van der Waals surface area contributed by atoms with Crippen LogP contribution in [0, 0.1) is 0 Å². The third-order valence-electron chi connectivity index (χ3n) is 3.66. The number of rotatable bonds is 2. The van der Waals surface area contributed by atoms with Crippen LogP contribution in [0.5, 0.6) is 0 Å². The Hall–Kier alpha value is 0.620. The summed E-state index contributed by atoms with van der Waals surface area (Å²) in [7, 11) is 0. The van der Waals surface area contributed by atoms with Gasteiger partial charge < -0.3 is 5.73 Å². The predicted molar refractivity (Wildman–Crippen MR) is 71.8 cm³/mol. The maximum atomic E-state index is 6.06. The van der Waals surface area contributed by atoms with Crippen LogP contribution in [-0.4, -0.2) is 52.1 Å². The van der Waals surface area contributed by atoms with Gasteiger partial charge in [0.2, 0.25) is 0 Å². The van der Waals surface area contributed by atoms with Gasteiger partial charge in [0.05, 0.1) is 0 Å². The van der Waals surface area contributed by atoms with Gasteiger partial charge in [0.25, 0.3) is 0 Å². The fourth-order valence-electron chi connectivity index (χ4n) is 2.84. The molecule has 2 fully saturated rings. The molecule has 2 saturated heterocycles. The summed E-state index contributed by atoms with van der Waals surface area (Å²) >= 11 is 4.18. The Morgan fingerprint density at radius 1 is 1.47 bits per heavy atom. The SMILES string of the molecule is CC1CC(CN)(N2CCSCC2C)CS1. The van der Waals surface area contributed by atoms with Gasteiger partial charge in [-0.1, -0.05) is 6.92 Å². The lowest BCUT2D eigenvalue weighted by Gasteiger charge is -2.46. The summed E-state index contributed by atoms with van der Waals surface area (Å²) in [5.74, 6) is 3.80. The molecule has 15 heavy (non-hydrogen) atoms. The first kappa shape index (κ1) is 12.1. The lowest BCUT2D eigenvalue weighted by molar-refractivity contribution is 0.0844. The molecule has 3 atom stereocenters. The molecule has 0 aliphatic carbocycles. The smallest absolute Gasteiger partial charge is 0.0435 e. The molecule has 2 aliphatic rings. The van der Waals surface area contributed by atoms with E-state index in [4.69, 9.17) is 5.73 Å². The summed E-state index contributed by atoms with van der Waals surface area (Å²) in [6.45, 7) is 6.76. The summed E-state index contributed by atoms with van der Waals surface area (Å²) in [6.07, 6.45) is 1.28. The van der Waals surface area contributed by atoms with Gasteiger partial charge in [-0.25, -0.2) is 0 Å². The van der Waals surface area contributed by atoms with Crippen molar-refractivity contribution in [1.82, 2.24) is 4.90 Å².